The van der Waals surface area contributed by atoms with E-state index in [-0.39, 0.29) is 0 Å². The molecule has 0 aliphatic rings. The van der Waals surface area contributed by atoms with Crippen LogP contribution in [0, 0.1) is 20.8 Å². The molecule has 0 amide bonds. The van der Waals surface area contributed by atoms with Gasteiger partial charge >= 0.3 is 0 Å². The molecule has 2 nitrogen and oxygen atoms in total. The smallest absolute Gasteiger partial charge is 0.0422 e. The van der Waals surface area contributed by atoms with Crippen LogP contribution in [0.5, 0.6) is 0 Å². The minimum Gasteiger partial charge on any atom is -0.310 e. The number of benzene rings is 1. The summed E-state index contributed by atoms with van der Waals surface area (Å²) in [5, 5.41) is 3.57. The molecule has 0 aliphatic carbocycles. The van der Waals surface area contributed by atoms with Crippen LogP contribution >= 0.6 is 0 Å². The molecule has 0 radical (unpaired) electrons. The lowest BCUT2D eigenvalue weighted by molar-refractivity contribution is 0.543. The van der Waals surface area contributed by atoms with E-state index >= 15 is 0 Å². The second kappa shape index (κ2) is 6.67. The van der Waals surface area contributed by atoms with Gasteiger partial charge in [-0.15, -0.1) is 0 Å². The highest BCUT2D eigenvalue weighted by atomic mass is 14.9. The molecule has 2 heteroatoms. The zero-order chi connectivity index (χ0) is 14.5. The van der Waals surface area contributed by atoms with E-state index < -0.39 is 0 Å². The summed E-state index contributed by atoms with van der Waals surface area (Å²) in [5.41, 5.74) is 6.39. The molecule has 0 spiro atoms. The fourth-order valence-corrected chi connectivity index (χ4v) is 2.36. The van der Waals surface area contributed by atoms with E-state index in [2.05, 4.69) is 68.3 Å². The quantitative estimate of drug-likeness (QED) is 0.889. The summed E-state index contributed by atoms with van der Waals surface area (Å²) in [7, 11) is 0. The maximum Gasteiger partial charge on any atom is 0.0422 e. The van der Waals surface area contributed by atoms with Gasteiger partial charge in [0.1, 0.15) is 0 Å². The number of pyridine rings is 1. The van der Waals surface area contributed by atoms with Crippen molar-refractivity contribution in [1.29, 1.82) is 0 Å². The number of hydrogen-bond donors (Lipinski definition) is 1. The number of aromatic nitrogens is 1. The summed E-state index contributed by atoms with van der Waals surface area (Å²) in [6.07, 6.45) is 2.87. The third-order valence-electron chi connectivity index (χ3n) is 3.77. The van der Waals surface area contributed by atoms with Crippen LogP contribution in [0.3, 0.4) is 0 Å². The average molecular weight is 268 g/mol. The summed E-state index contributed by atoms with van der Waals surface area (Å²) in [6.45, 7) is 9.51. The lowest BCUT2D eigenvalue weighted by Crippen LogP contribution is -2.23. The van der Waals surface area contributed by atoms with Gasteiger partial charge in [0.2, 0.25) is 0 Å². The van der Waals surface area contributed by atoms with E-state index in [1.807, 2.05) is 6.20 Å². The van der Waals surface area contributed by atoms with Gasteiger partial charge in [0.15, 0.2) is 0 Å². The molecule has 1 aromatic heterocycles. The van der Waals surface area contributed by atoms with Gasteiger partial charge in [0.25, 0.3) is 0 Å². The third kappa shape index (κ3) is 3.67. The lowest BCUT2D eigenvalue weighted by atomic mass is 9.97. The minimum atomic E-state index is 0.328. The molecule has 0 aliphatic heterocycles. The number of nitrogens with one attached hydrogen (secondary N) is 1. The number of nitrogens with zero attached hydrogens (tertiary/aromatic N) is 1. The highest BCUT2D eigenvalue weighted by molar-refractivity contribution is 5.32. The Morgan fingerprint density at radius 1 is 1.05 bits per heavy atom. The summed E-state index contributed by atoms with van der Waals surface area (Å²) in [5.74, 6) is 0. The van der Waals surface area contributed by atoms with Crippen molar-refractivity contribution >= 4 is 0 Å². The Labute approximate surface area is 122 Å². The number of likely N-dealkylation sites (N-methyl/N-ethyl adjacent to an activating group) is 1. The van der Waals surface area contributed by atoms with Crippen LogP contribution in [0.25, 0.3) is 0 Å². The first kappa shape index (κ1) is 14.7. The molecule has 1 N–H and O–H groups in total. The van der Waals surface area contributed by atoms with E-state index in [0.29, 0.717) is 6.04 Å². The average Bonchev–Trinajstić information content (AvgIpc) is 2.44. The fraction of sp³-hybridized carbons (Fsp3) is 0.389. The van der Waals surface area contributed by atoms with Gasteiger partial charge in [0.05, 0.1) is 0 Å². The van der Waals surface area contributed by atoms with Crippen LogP contribution in [0.4, 0.5) is 0 Å². The minimum absolute atomic E-state index is 0.328. The van der Waals surface area contributed by atoms with Gasteiger partial charge in [-0.3, -0.25) is 4.98 Å². The molecule has 1 atom stereocenters. The molecule has 1 unspecified atom stereocenters. The Hall–Kier alpha value is -1.67. The molecule has 1 aromatic carbocycles. The molecular formula is C18H24N2. The van der Waals surface area contributed by atoms with Crippen molar-refractivity contribution < 1.29 is 0 Å². The van der Waals surface area contributed by atoms with E-state index in [1.165, 1.54) is 22.3 Å². The van der Waals surface area contributed by atoms with Crippen molar-refractivity contribution in [2.45, 2.75) is 40.2 Å². The maximum absolute atomic E-state index is 4.53. The highest BCUT2D eigenvalue weighted by Crippen LogP contribution is 2.20. The normalized spacial score (nSPS) is 12.4. The summed E-state index contributed by atoms with van der Waals surface area (Å²) >= 11 is 0. The first-order valence-corrected chi connectivity index (χ1v) is 7.32. The first-order chi connectivity index (χ1) is 9.60. The molecule has 106 valence electrons. The van der Waals surface area contributed by atoms with Crippen molar-refractivity contribution in [3.63, 3.8) is 0 Å². The summed E-state index contributed by atoms with van der Waals surface area (Å²) in [6, 6.07) is 11.3. The van der Waals surface area contributed by atoms with Gasteiger partial charge in [-0.25, -0.2) is 0 Å². The molecule has 0 bridgehead atoms. The van der Waals surface area contributed by atoms with Crippen molar-refractivity contribution in [3.8, 4) is 0 Å². The van der Waals surface area contributed by atoms with E-state index in [4.69, 9.17) is 0 Å². The van der Waals surface area contributed by atoms with Gasteiger partial charge < -0.3 is 5.32 Å². The molecule has 2 rings (SSSR count). The summed E-state index contributed by atoms with van der Waals surface area (Å²) < 4.78 is 0. The van der Waals surface area contributed by atoms with Crippen LogP contribution in [0.15, 0.2) is 36.5 Å². The zero-order valence-electron chi connectivity index (χ0n) is 12.9. The van der Waals surface area contributed by atoms with Crippen LogP contribution < -0.4 is 5.32 Å². The molecule has 20 heavy (non-hydrogen) atoms. The molecule has 0 saturated heterocycles. The molecular weight excluding hydrogens is 244 g/mol. The number of aryl methyl sites for hydroxylation is 3. The maximum atomic E-state index is 4.53. The second-order valence-electron chi connectivity index (χ2n) is 5.48. The topological polar surface area (TPSA) is 24.9 Å². The summed E-state index contributed by atoms with van der Waals surface area (Å²) in [4.78, 5) is 4.53. The predicted octanol–water partition coefficient (Wildman–Crippen LogP) is 3.90. The lowest BCUT2D eigenvalue weighted by Gasteiger charge is -2.19. The predicted molar refractivity (Wildman–Crippen MR) is 85.0 cm³/mol. The molecule has 1 heterocycles. The van der Waals surface area contributed by atoms with E-state index in [1.54, 1.807) is 0 Å². The van der Waals surface area contributed by atoms with Crippen LogP contribution in [-0.4, -0.2) is 11.5 Å². The second-order valence-corrected chi connectivity index (χ2v) is 5.48. The fourth-order valence-electron chi connectivity index (χ4n) is 2.36. The van der Waals surface area contributed by atoms with Crippen molar-refractivity contribution in [2.24, 2.45) is 0 Å². The van der Waals surface area contributed by atoms with E-state index in [0.717, 1.165) is 18.7 Å². The number of rotatable bonds is 5. The van der Waals surface area contributed by atoms with Crippen LogP contribution in [0.2, 0.25) is 0 Å². The SMILES string of the molecule is CCNC(Cc1ccc(C)cn1)c1ccc(C)c(C)c1. The number of hydrogen-bond acceptors (Lipinski definition) is 2. The third-order valence-corrected chi connectivity index (χ3v) is 3.77. The van der Waals surface area contributed by atoms with Crippen molar-refractivity contribution in [1.82, 2.24) is 10.3 Å². The Morgan fingerprint density at radius 3 is 2.45 bits per heavy atom. The first-order valence-electron chi connectivity index (χ1n) is 7.32. The van der Waals surface area contributed by atoms with Gasteiger partial charge in [0, 0.05) is 24.4 Å². The van der Waals surface area contributed by atoms with E-state index in [9.17, 15) is 0 Å². The Kier molecular flexibility index (Phi) is 4.91. The Morgan fingerprint density at radius 2 is 1.85 bits per heavy atom. The van der Waals surface area contributed by atoms with Crippen LogP contribution in [-0.2, 0) is 6.42 Å². The molecule has 0 saturated carbocycles. The van der Waals surface area contributed by atoms with Crippen molar-refractivity contribution in [3.05, 3.63) is 64.5 Å². The van der Waals surface area contributed by atoms with Gasteiger partial charge in [-0.1, -0.05) is 31.2 Å². The van der Waals surface area contributed by atoms with Gasteiger partial charge in [-0.05, 0) is 55.6 Å². The van der Waals surface area contributed by atoms with Gasteiger partial charge in [-0.2, -0.15) is 0 Å². The molecule has 2 aromatic rings. The molecule has 0 fully saturated rings. The zero-order valence-corrected chi connectivity index (χ0v) is 12.9. The van der Waals surface area contributed by atoms with Crippen molar-refractivity contribution in [2.75, 3.05) is 6.54 Å². The standard InChI is InChI=1S/C18H24N2/c1-5-19-18(11-17-9-6-13(2)12-20-17)16-8-7-14(3)15(4)10-16/h6-10,12,18-19H,5,11H2,1-4H3. The Balaban J connectivity index is 2.21. The van der Waals surface area contributed by atoms with Crippen LogP contribution in [0.1, 0.15) is 40.9 Å². The highest BCUT2D eigenvalue weighted by Gasteiger charge is 2.12. The Bertz CT molecular complexity index is 558. The largest absolute Gasteiger partial charge is 0.310 e. The monoisotopic (exact) mass is 268 g/mol.